The van der Waals surface area contributed by atoms with Gasteiger partial charge in [0.05, 0.1) is 19.1 Å². The second-order valence-electron chi connectivity index (χ2n) is 9.76. The lowest BCUT2D eigenvalue weighted by atomic mass is 9.97. The van der Waals surface area contributed by atoms with Crippen molar-refractivity contribution < 1.29 is 23.8 Å². The van der Waals surface area contributed by atoms with Crippen LogP contribution in [0.15, 0.2) is 36.8 Å². The van der Waals surface area contributed by atoms with Crippen molar-refractivity contribution in [1.82, 2.24) is 19.4 Å². The quantitative estimate of drug-likeness (QED) is 0.523. The van der Waals surface area contributed by atoms with Crippen LogP contribution in [0.25, 0.3) is 22.2 Å². The van der Waals surface area contributed by atoms with E-state index in [4.69, 9.17) is 19.9 Å². The molecule has 1 fully saturated rings. The molecular formula is C26H33N5O5. The van der Waals surface area contributed by atoms with E-state index in [2.05, 4.69) is 9.97 Å². The van der Waals surface area contributed by atoms with Gasteiger partial charge in [-0.15, -0.1) is 0 Å². The molecule has 2 aromatic heterocycles. The van der Waals surface area contributed by atoms with Gasteiger partial charge in [0, 0.05) is 24.3 Å². The van der Waals surface area contributed by atoms with Gasteiger partial charge in [0.2, 0.25) is 0 Å². The highest BCUT2D eigenvalue weighted by Gasteiger charge is 2.40. The van der Waals surface area contributed by atoms with Crippen LogP contribution >= 0.6 is 0 Å². The molecule has 3 aromatic rings. The first-order valence-electron chi connectivity index (χ1n) is 12.0. The van der Waals surface area contributed by atoms with Crippen molar-refractivity contribution in [2.75, 3.05) is 26.0 Å². The molecule has 10 heteroatoms. The standard InChI is InChI=1S/C26H33N5O5/c1-6-35-24(32)20-13-17(10-11-30(20)25(33)36-26(2,3)4)31-14-19(16-8-7-9-18(12-16)34-5)21-22(27)28-15-29-23(21)31/h7-9,12,14-15,17,20H,6,10-11,13H2,1-5H3,(H2,27,28,29). The van der Waals surface area contributed by atoms with Gasteiger partial charge in [0.15, 0.2) is 0 Å². The summed E-state index contributed by atoms with van der Waals surface area (Å²) in [6.45, 7) is 7.69. The average molecular weight is 496 g/mol. The summed E-state index contributed by atoms with van der Waals surface area (Å²) in [7, 11) is 1.62. The smallest absolute Gasteiger partial charge is 0.411 e. The number of carbonyl (C=O) groups is 2. The fraction of sp³-hybridized carbons (Fsp3) is 0.462. The zero-order valence-electron chi connectivity index (χ0n) is 21.4. The molecule has 2 atom stereocenters. The molecule has 2 N–H and O–H groups in total. The third-order valence-corrected chi connectivity index (χ3v) is 6.17. The van der Waals surface area contributed by atoms with E-state index in [9.17, 15) is 9.59 Å². The van der Waals surface area contributed by atoms with Crippen LogP contribution in [0.1, 0.15) is 46.6 Å². The number of nitrogens with zero attached hydrogens (tertiary/aromatic N) is 4. The minimum absolute atomic E-state index is 0.130. The molecule has 0 spiro atoms. The molecule has 0 saturated carbocycles. The highest BCUT2D eigenvalue weighted by molar-refractivity contribution is 6.00. The minimum atomic E-state index is -0.782. The number of anilines is 1. The van der Waals surface area contributed by atoms with Crippen LogP contribution in [0.2, 0.25) is 0 Å². The molecule has 4 rings (SSSR count). The Morgan fingerprint density at radius 2 is 2.00 bits per heavy atom. The third-order valence-electron chi connectivity index (χ3n) is 6.17. The zero-order chi connectivity index (χ0) is 26.0. The van der Waals surface area contributed by atoms with E-state index in [1.807, 2.05) is 35.0 Å². The molecule has 1 saturated heterocycles. The van der Waals surface area contributed by atoms with Crippen molar-refractivity contribution >= 4 is 28.9 Å². The largest absolute Gasteiger partial charge is 0.497 e. The molecule has 2 unspecified atom stereocenters. The summed E-state index contributed by atoms with van der Waals surface area (Å²) >= 11 is 0. The van der Waals surface area contributed by atoms with Gasteiger partial charge in [-0.25, -0.2) is 19.6 Å². The summed E-state index contributed by atoms with van der Waals surface area (Å²) < 4.78 is 18.3. The maximum absolute atomic E-state index is 12.9. The fourth-order valence-corrected chi connectivity index (χ4v) is 4.60. The number of benzene rings is 1. The number of likely N-dealkylation sites (tertiary alicyclic amines) is 1. The Morgan fingerprint density at radius 3 is 2.69 bits per heavy atom. The van der Waals surface area contributed by atoms with Crippen molar-refractivity contribution in [3.63, 3.8) is 0 Å². The number of ether oxygens (including phenoxy) is 3. The highest BCUT2D eigenvalue weighted by atomic mass is 16.6. The number of nitrogen functional groups attached to an aromatic ring is 1. The van der Waals surface area contributed by atoms with Crippen molar-refractivity contribution in [2.45, 2.75) is 58.2 Å². The number of nitrogens with two attached hydrogens (primary N) is 1. The first kappa shape index (κ1) is 25.3. The fourth-order valence-electron chi connectivity index (χ4n) is 4.60. The second kappa shape index (κ2) is 10.0. The number of fused-ring (bicyclic) bond motifs is 1. The predicted octanol–water partition coefficient (Wildman–Crippen LogP) is 4.19. The summed E-state index contributed by atoms with van der Waals surface area (Å²) in [6.07, 6.45) is 3.84. The van der Waals surface area contributed by atoms with E-state index in [-0.39, 0.29) is 12.6 Å². The van der Waals surface area contributed by atoms with Gasteiger partial charge in [0.1, 0.15) is 35.2 Å². The van der Waals surface area contributed by atoms with E-state index < -0.39 is 23.7 Å². The molecule has 36 heavy (non-hydrogen) atoms. The van der Waals surface area contributed by atoms with Gasteiger partial charge in [0.25, 0.3) is 0 Å². The molecule has 1 amide bonds. The van der Waals surface area contributed by atoms with Crippen LogP contribution in [0.3, 0.4) is 0 Å². The molecule has 0 bridgehead atoms. The van der Waals surface area contributed by atoms with Gasteiger partial charge >= 0.3 is 12.1 Å². The summed E-state index contributed by atoms with van der Waals surface area (Å²) in [5.41, 5.74) is 8.07. The Labute approximate surface area is 210 Å². The van der Waals surface area contributed by atoms with Crippen LogP contribution in [-0.2, 0) is 14.3 Å². The number of hydrogen-bond donors (Lipinski definition) is 1. The summed E-state index contributed by atoms with van der Waals surface area (Å²) in [4.78, 5) is 36.1. The lowest BCUT2D eigenvalue weighted by molar-refractivity contribution is -0.151. The zero-order valence-corrected chi connectivity index (χ0v) is 21.4. The predicted molar refractivity (Wildman–Crippen MR) is 136 cm³/mol. The van der Waals surface area contributed by atoms with E-state index in [1.165, 1.54) is 11.2 Å². The van der Waals surface area contributed by atoms with E-state index in [0.29, 0.717) is 30.9 Å². The monoisotopic (exact) mass is 495 g/mol. The van der Waals surface area contributed by atoms with Gasteiger partial charge in [-0.1, -0.05) is 12.1 Å². The first-order chi connectivity index (χ1) is 17.1. The number of carbonyl (C=O) groups excluding carboxylic acids is 2. The van der Waals surface area contributed by atoms with Gasteiger partial charge in [-0.2, -0.15) is 0 Å². The molecule has 1 aromatic carbocycles. The van der Waals surface area contributed by atoms with Gasteiger partial charge < -0.3 is 24.5 Å². The molecular weight excluding hydrogens is 462 g/mol. The van der Waals surface area contributed by atoms with Crippen molar-refractivity contribution in [3.05, 3.63) is 36.8 Å². The number of amides is 1. The number of methoxy groups -OCH3 is 1. The van der Waals surface area contributed by atoms with E-state index >= 15 is 0 Å². The number of aromatic nitrogens is 3. The Morgan fingerprint density at radius 1 is 1.22 bits per heavy atom. The SMILES string of the molecule is CCOC(=O)C1CC(n2cc(-c3cccc(OC)c3)c3c(N)ncnc32)CCN1C(=O)OC(C)(C)C. The van der Waals surface area contributed by atoms with Crippen molar-refractivity contribution in [1.29, 1.82) is 0 Å². The molecule has 192 valence electrons. The second-order valence-corrected chi connectivity index (χ2v) is 9.76. The van der Waals surface area contributed by atoms with Crippen LogP contribution in [0.5, 0.6) is 5.75 Å². The highest BCUT2D eigenvalue weighted by Crippen LogP contribution is 2.38. The number of hydrogen-bond acceptors (Lipinski definition) is 8. The van der Waals surface area contributed by atoms with Gasteiger partial charge in [-0.05, 0) is 58.2 Å². The van der Waals surface area contributed by atoms with E-state index in [1.54, 1.807) is 34.8 Å². The molecule has 10 nitrogen and oxygen atoms in total. The molecule has 1 aliphatic rings. The van der Waals surface area contributed by atoms with Crippen LogP contribution in [0.4, 0.5) is 10.6 Å². The molecule has 1 aliphatic heterocycles. The van der Waals surface area contributed by atoms with Crippen molar-refractivity contribution in [3.8, 4) is 16.9 Å². The number of piperidine rings is 1. The first-order valence-corrected chi connectivity index (χ1v) is 12.0. The van der Waals surface area contributed by atoms with E-state index in [0.717, 1.165) is 22.3 Å². The summed E-state index contributed by atoms with van der Waals surface area (Å²) in [6, 6.07) is 6.77. The maximum Gasteiger partial charge on any atom is 0.411 e. The van der Waals surface area contributed by atoms with Gasteiger partial charge in [-0.3, -0.25) is 4.90 Å². The summed E-state index contributed by atoms with van der Waals surface area (Å²) in [5, 5.41) is 0.730. The molecule has 0 radical (unpaired) electrons. The van der Waals surface area contributed by atoms with Crippen LogP contribution in [-0.4, -0.2) is 63.4 Å². The lowest BCUT2D eigenvalue weighted by Gasteiger charge is -2.39. The molecule has 0 aliphatic carbocycles. The Bertz CT molecular complexity index is 1270. The average Bonchev–Trinajstić information content (AvgIpc) is 3.24. The Hall–Kier alpha value is -3.82. The number of esters is 1. The third kappa shape index (κ3) is 5.07. The normalized spacial score (nSPS) is 18.2. The van der Waals surface area contributed by atoms with Crippen LogP contribution < -0.4 is 10.5 Å². The minimum Gasteiger partial charge on any atom is -0.497 e. The lowest BCUT2D eigenvalue weighted by Crippen LogP contribution is -2.52. The maximum atomic E-state index is 12.9. The topological polar surface area (TPSA) is 122 Å². The van der Waals surface area contributed by atoms with Crippen LogP contribution in [0, 0.1) is 0 Å². The Balaban J connectivity index is 1.73. The number of rotatable bonds is 5. The van der Waals surface area contributed by atoms with Crippen molar-refractivity contribution in [2.24, 2.45) is 0 Å². The molecule has 3 heterocycles. The summed E-state index contributed by atoms with van der Waals surface area (Å²) in [5.74, 6) is 0.633. The Kier molecular flexibility index (Phi) is 7.05.